The van der Waals surface area contributed by atoms with Gasteiger partial charge in [0.25, 0.3) is 0 Å². The molecule has 3 N–H and O–H groups in total. The Bertz CT molecular complexity index is 671. The van der Waals surface area contributed by atoms with Crippen LogP contribution in [0.5, 0.6) is 11.5 Å². The van der Waals surface area contributed by atoms with Crippen LogP contribution in [0.4, 0.5) is 5.69 Å². The van der Waals surface area contributed by atoms with Crippen molar-refractivity contribution in [3.8, 4) is 11.5 Å². The van der Waals surface area contributed by atoms with Crippen LogP contribution in [0.25, 0.3) is 0 Å². The number of nitrogens with zero attached hydrogens (tertiary/aromatic N) is 1. The van der Waals surface area contributed by atoms with Crippen molar-refractivity contribution in [2.45, 2.75) is 20.0 Å². The molecule has 5 nitrogen and oxygen atoms in total. The number of rotatable bonds is 6. The van der Waals surface area contributed by atoms with Gasteiger partial charge in [-0.05, 0) is 43.7 Å². The molecule has 0 spiro atoms. The zero-order valence-electron chi connectivity index (χ0n) is 13.7. The molecular formula is C18H23N3O2. The molecule has 2 aromatic carbocycles. The van der Waals surface area contributed by atoms with E-state index in [1.54, 1.807) is 7.11 Å². The maximum absolute atomic E-state index is 5.91. The lowest BCUT2D eigenvalue weighted by Crippen LogP contribution is -2.25. The third kappa shape index (κ3) is 5.54. The van der Waals surface area contributed by atoms with Crippen LogP contribution in [-0.4, -0.2) is 25.7 Å². The van der Waals surface area contributed by atoms with Crippen LogP contribution in [0.3, 0.4) is 0 Å². The second-order valence-electron chi connectivity index (χ2n) is 5.33. The van der Waals surface area contributed by atoms with E-state index in [1.807, 2.05) is 62.4 Å². The first kappa shape index (κ1) is 16.7. The number of hydrogen-bond donors (Lipinski definition) is 2. The first-order valence-electron chi connectivity index (χ1n) is 7.51. The number of nitrogens with two attached hydrogens (primary N) is 1. The molecule has 23 heavy (non-hydrogen) atoms. The lowest BCUT2D eigenvalue weighted by Gasteiger charge is -2.14. The molecule has 0 heterocycles. The average Bonchev–Trinajstić information content (AvgIpc) is 2.53. The van der Waals surface area contributed by atoms with Gasteiger partial charge in [0.1, 0.15) is 17.6 Å². The summed E-state index contributed by atoms with van der Waals surface area (Å²) in [6.45, 7) is 4.44. The van der Waals surface area contributed by atoms with Gasteiger partial charge in [0, 0.05) is 11.8 Å². The Morgan fingerprint density at radius 1 is 1.17 bits per heavy atom. The molecular weight excluding hydrogens is 290 g/mol. The van der Waals surface area contributed by atoms with E-state index in [1.165, 1.54) is 0 Å². The van der Waals surface area contributed by atoms with Gasteiger partial charge in [0.15, 0.2) is 5.96 Å². The van der Waals surface area contributed by atoms with Crippen molar-refractivity contribution in [3.63, 3.8) is 0 Å². The molecule has 5 heteroatoms. The Hall–Kier alpha value is -2.69. The van der Waals surface area contributed by atoms with Crippen molar-refractivity contribution < 1.29 is 9.47 Å². The van der Waals surface area contributed by atoms with Crippen LogP contribution in [0.15, 0.2) is 53.5 Å². The normalized spacial score (nSPS) is 12.6. The first-order valence-corrected chi connectivity index (χ1v) is 7.51. The van der Waals surface area contributed by atoms with E-state index in [0.717, 1.165) is 22.7 Å². The molecule has 2 rings (SSSR count). The van der Waals surface area contributed by atoms with E-state index in [0.29, 0.717) is 12.5 Å². The van der Waals surface area contributed by atoms with E-state index >= 15 is 0 Å². The smallest absolute Gasteiger partial charge is 0.193 e. The Labute approximate surface area is 137 Å². The number of anilines is 1. The summed E-state index contributed by atoms with van der Waals surface area (Å²) in [4.78, 5) is 4.31. The third-order valence-electron chi connectivity index (χ3n) is 3.19. The molecule has 0 aliphatic carbocycles. The number of ether oxygens (including phenoxy) is 2. The summed E-state index contributed by atoms with van der Waals surface area (Å²) in [5.41, 5.74) is 7.99. The monoisotopic (exact) mass is 313 g/mol. The maximum atomic E-state index is 5.91. The molecule has 1 atom stereocenters. The molecule has 0 radical (unpaired) electrons. The second kappa shape index (κ2) is 8.08. The Morgan fingerprint density at radius 2 is 1.91 bits per heavy atom. The van der Waals surface area contributed by atoms with Crippen LogP contribution in [-0.2, 0) is 0 Å². The molecule has 0 aromatic heterocycles. The highest BCUT2D eigenvalue weighted by Gasteiger charge is 2.05. The highest BCUT2D eigenvalue weighted by Crippen LogP contribution is 2.20. The molecule has 0 saturated carbocycles. The standard InChI is InChI=1S/C18H23N3O2/c1-13-6-4-7-15(10-13)21-18(19)20-12-14(2)23-17-9-5-8-16(11-17)22-3/h4-11,14H,12H2,1-3H3,(H3,19,20,21). The zero-order valence-corrected chi connectivity index (χ0v) is 13.7. The van der Waals surface area contributed by atoms with Crippen molar-refractivity contribution in [1.29, 1.82) is 0 Å². The van der Waals surface area contributed by atoms with Crippen LogP contribution >= 0.6 is 0 Å². The molecule has 0 bridgehead atoms. The molecule has 0 fully saturated rings. The van der Waals surface area contributed by atoms with Gasteiger partial charge < -0.3 is 20.5 Å². The number of hydrogen-bond acceptors (Lipinski definition) is 3. The maximum Gasteiger partial charge on any atom is 0.193 e. The summed E-state index contributed by atoms with van der Waals surface area (Å²) >= 11 is 0. The lowest BCUT2D eigenvalue weighted by atomic mass is 10.2. The number of guanidine groups is 1. The van der Waals surface area contributed by atoms with Crippen molar-refractivity contribution in [3.05, 3.63) is 54.1 Å². The first-order chi connectivity index (χ1) is 11.1. The van der Waals surface area contributed by atoms with Crippen LogP contribution in [0.2, 0.25) is 0 Å². The molecule has 1 unspecified atom stereocenters. The fourth-order valence-electron chi connectivity index (χ4n) is 2.08. The van der Waals surface area contributed by atoms with Gasteiger partial charge in [0.2, 0.25) is 0 Å². The number of methoxy groups -OCH3 is 1. The highest BCUT2D eigenvalue weighted by molar-refractivity contribution is 5.92. The minimum atomic E-state index is -0.0973. The summed E-state index contributed by atoms with van der Waals surface area (Å²) in [6, 6.07) is 15.5. The Kier molecular flexibility index (Phi) is 5.86. The average molecular weight is 313 g/mol. The van der Waals surface area contributed by atoms with Crippen LogP contribution < -0.4 is 20.5 Å². The molecule has 122 valence electrons. The molecule has 2 aromatic rings. The zero-order chi connectivity index (χ0) is 16.7. The summed E-state index contributed by atoms with van der Waals surface area (Å²) in [6.07, 6.45) is -0.0973. The van der Waals surface area contributed by atoms with Crippen molar-refractivity contribution in [1.82, 2.24) is 0 Å². The summed E-state index contributed by atoms with van der Waals surface area (Å²) < 4.78 is 11.0. The second-order valence-corrected chi connectivity index (χ2v) is 5.33. The van der Waals surface area contributed by atoms with Crippen LogP contribution in [0.1, 0.15) is 12.5 Å². The van der Waals surface area contributed by atoms with E-state index < -0.39 is 0 Å². The number of aryl methyl sites for hydroxylation is 1. The van der Waals surface area contributed by atoms with Gasteiger partial charge in [-0.3, -0.25) is 0 Å². The van der Waals surface area contributed by atoms with E-state index in [4.69, 9.17) is 15.2 Å². The molecule has 0 aliphatic heterocycles. The minimum absolute atomic E-state index is 0.0973. The SMILES string of the molecule is COc1cccc(OC(C)CN=C(N)Nc2cccc(C)c2)c1. The fraction of sp³-hybridized carbons (Fsp3) is 0.278. The molecule has 0 saturated heterocycles. The highest BCUT2D eigenvalue weighted by atomic mass is 16.5. The number of nitrogens with one attached hydrogen (secondary N) is 1. The van der Waals surface area contributed by atoms with E-state index in [9.17, 15) is 0 Å². The Balaban J connectivity index is 1.88. The van der Waals surface area contributed by atoms with Gasteiger partial charge in [0.05, 0.1) is 13.7 Å². The van der Waals surface area contributed by atoms with Crippen molar-refractivity contribution in [2.75, 3.05) is 19.0 Å². The van der Waals surface area contributed by atoms with Crippen molar-refractivity contribution in [2.24, 2.45) is 10.7 Å². The third-order valence-corrected chi connectivity index (χ3v) is 3.19. The lowest BCUT2D eigenvalue weighted by molar-refractivity contribution is 0.229. The predicted molar refractivity (Wildman–Crippen MR) is 94.4 cm³/mol. The number of benzene rings is 2. The van der Waals surface area contributed by atoms with Gasteiger partial charge >= 0.3 is 0 Å². The van der Waals surface area contributed by atoms with Gasteiger partial charge in [-0.2, -0.15) is 0 Å². The minimum Gasteiger partial charge on any atom is -0.497 e. The van der Waals surface area contributed by atoms with E-state index in [-0.39, 0.29) is 6.10 Å². The summed E-state index contributed by atoms with van der Waals surface area (Å²) in [5.74, 6) is 1.88. The van der Waals surface area contributed by atoms with Gasteiger partial charge in [-0.1, -0.05) is 18.2 Å². The van der Waals surface area contributed by atoms with Gasteiger partial charge in [-0.25, -0.2) is 4.99 Å². The van der Waals surface area contributed by atoms with Crippen LogP contribution in [0, 0.1) is 6.92 Å². The molecule has 0 amide bonds. The van der Waals surface area contributed by atoms with E-state index in [2.05, 4.69) is 10.3 Å². The summed E-state index contributed by atoms with van der Waals surface area (Å²) in [5, 5.41) is 3.07. The molecule has 0 aliphatic rings. The number of aliphatic imine (C=N–C) groups is 1. The quantitative estimate of drug-likeness (QED) is 0.635. The predicted octanol–water partition coefficient (Wildman–Crippen LogP) is 3.20. The topological polar surface area (TPSA) is 68.9 Å². The van der Waals surface area contributed by atoms with Gasteiger partial charge in [-0.15, -0.1) is 0 Å². The summed E-state index contributed by atoms with van der Waals surface area (Å²) in [7, 11) is 1.63. The fourth-order valence-corrected chi connectivity index (χ4v) is 2.08. The largest absolute Gasteiger partial charge is 0.497 e. The Morgan fingerprint density at radius 3 is 2.65 bits per heavy atom. The van der Waals surface area contributed by atoms with Crippen molar-refractivity contribution >= 4 is 11.6 Å².